The monoisotopic (exact) mass is 258 g/mol. The molecule has 1 amide bonds. The van der Waals surface area contributed by atoms with Crippen molar-refractivity contribution in [3.63, 3.8) is 0 Å². The van der Waals surface area contributed by atoms with E-state index in [0.717, 1.165) is 0 Å². The molecule has 1 rings (SSSR count). The van der Waals surface area contributed by atoms with Crippen molar-refractivity contribution in [1.29, 1.82) is 0 Å². The second kappa shape index (κ2) is 4.71. The number of carbonyl (C=O) groups is 2. The number of carbonyl (C=O) groups excluding carboxylic acids is 1. The fraction of sp³-hybridized carbons (Fsp3) is 0.125. The van der Waals surface area contributed by atoms with Gasteiger partial charge in [-0.2, -0.15) is 0 Å². The van der Waals surface area contributed by atoms with Gasteiger partial charge in [-0.3, -0.25) is 9.59 Å². The lowest BCUT2D eigenvalue weighted by Gasteiger charge is -2.01. The number of hydrogen-bond donors (Lipinski definition) is 2. The molecule has 0 unspecified atom stereocenters. The van der Waals surface area contributed by atoms with Gasteiger partial charge in [-0.25, -0.2) is 4.98 Å². The lowest BCUT2D eigenvalue weighted by Crippen LogP contribution is -2.29. The first-order chi connectivity index (χ1) is 6.59. The van der Waals surface area contributed by atoms with Crippen LogP contribution in [0.1, 0.15) is 10.5 Å². The second-order valence-corrected chi connectivity index (χ2v) is 3.23. The van der Waals surface area contributed by atoms with Gasteiger partial charge >= 0.3 is 5.97 Å². The van der Waals surface area contributed by atoms with Crippen molar-refractivity contribution in [2.45, 2.75) is 0 Å². The van der Waals surface area contributed by atoms with E-state index in [2.05, 4.69) is 26.2 Å². The summed E-state index contributed by atoms with van der Waals surface area (Å²) in [5, 5.41) is 10.5. The average molecular weight is 259 g/mol. The van der Waals surface area contributed by atoms with E-state index in [1.165, 1.54) is 6.07 Å². The molecule has 2 N–H and O–H groups in total. The van der Waals surface area contributed by atoms with Crippen LogP contribution in [0.3, 0.4) is 0 Å². The molecule has 6 heteroatoms. The van der Waals surface area contributed by atoms with E-state index in [9.17, 15) is 9.59 Å². The van der Waals surface area contributed by atoms with Gasteiger partial charge in [0, 0.05) is 0 Å². The van der Waals surface area contributed by atoms with Gasteiger partial charge < -0.3 is 10.4 Å². The van der Waals surface area contributed by atoms with Crippen molar-refractivity contribution in [1.82, 2.24) is 10.3 Å². The Bertz CT molecular complexity index is 367. The molecule has 1 aromatic rings. The van der Waals surface area contributed by atoms with E-state index >= 15 is 0 Å². The molecule has 0 saturated heterocycles. The van der Waals surface area contributed by atoms with E-state index in [1.54, 1.807) is 12.1 Å². The SMILES string of the molecule is O=C(O)CNC(=O)c1cccc(Br)n1. The van der Waals surface area contributed by atoms with Gasteiger partial charge in [0.2, 0.25) is 0 Å². The Labute approximate surface area is 88.3 Å². The molecule has 0 saturated carbocycles. The zero-order valence-electron chi connectivity index (χ0n) is 7.03. The molecule has 0 aliphatic rings. The highest BCUT2D eigenvalue weighted by atomic mass is 79.9. The second-order valence-electron chi connectivity index (χ2n) is 2.42. The summed E-state index contributed by atoms with van der Waals surface area (Å²) < 4.78 is 0.528. The van der Waals surface area contributed by atoms with E-state index in [-0.39, 0.29) is 5.69 Å². The molecule has 74 valence electrons. The summed E-state index contributed by atoms with van der Waals surface area (Å²) >= 11 is 3.10. The third kappa shape index (κ3) is 3.14. The molecule has 0 aromatic carbocycles. The summed E-state index contributed by atoms with van der Waals surface area (Å²) in [6, 6.07) is 4.82. The van der Waals surface area contributed by atoms with Gasteiger partial charge in [0.05, 0.1) is 0 Å². The normalized spacial score (nSPS) is 9.50. The summed E-state index contributed by atoms with van der Waals surface area (Å²) in [6.07, 6.45) is 0. The number of rotatable bonds is 3. The van der Waals surface area contributed by atoms with E-state index in [1.807, 2.05) is 0 Å². The minimum absolute atomic E-state index is 0.181. The number of carboxylic acid groups (broad SMARTS) is 1. The van der Waals surface area contributed by atoms with Crippen LogP contribution in [-0.2, 0) is 4.79 Å². The number of carboxylic acids is 1. The molecular formula is C8H7BrN2O3. The quantitative estimate of drug-likeness (QED) is 0.781. The summed E-state index contributed by atoms with van der Waals surface area (Å²) in [7, 11) is 0. The Morgan fingerprint density at radius 1 is 1.50 bits per heavy atom. The van der Waals surface area contributed by atoms with Crippen molar-refractivity contribution < 1.29 is 14.7 Å². The number of aliphatic carboxylic acids is 1. The Kier molecular flexibility index (Phi) is 3.58. The smallest absolute Gasteiger partial charge is 0.322 e. The number of nitrogens with one attached hydrogen (secondary N) is 1. The molecule has 1 heterocycles. The van der Waals surface area contributed by atoms with Crippen molar-refractivity contribution in [2.75, 3.05) is 6.54 Å². The predicted molar refractivity (Wildman–Crippen MR) is 51.9 cm³/mol. The topological polar surface area (TPSA) is 79.3 Å². The molecule has 0 spiro atoms. The third-order valence-electron chi connectivity index (χ3n) is 1.35. The van der Waals surface area contributed by atoms with Crippen LogP contribution < -0.4 is 5.32 Å². The first-order valence-electron chi connectivity index (χ1n) is 3.72. The minimum Gasteiger partial charge on any atom is -0.480 e. The van der Waals surface area contributed by atoms with Crippen LogP contribution in [-0.4, -0.2) is 28.5 Å². The number of hydrogen-bond acceptors (Lipinski definition) is 3. The van der Waals surface area contributed by atoms with E-state index in [4.69, 9.17) is 5.11 Å². The maximum Gasteiger partial charge on any atom is 0.322 e. The van der Waals surface area contributed by atoms with E-state index in [0.29, 0.717) is 4.60 Å². The van der Waals surface area contributed by atoms with Crippen LogP contribution in [0, 0.1) is 0 Å². The third-order valence-corrected chi connectivity index (χ3v) is 1.79. The Hall–Kier alpha value is -1.43. The molecule has 0 atom stereocenters. The molecule has 0 radical (unpaired) electrons. The molecular weight excluding hydrogens is 252 g/mol. The van der Waals surface area contributed by atoms with Crippen molar-refractivity contribution >= 4 is 27.8 Å². The Morgan fingerprint density at radius 2 is 2.21 bits per heavy atom. The van der Waals surface area contributed by atoms with Crippen molar-refractivity contribution in [2.24, 2.45) is 0 Å². The van der Waals surface area contributed by atoms with Crippen LogP contribution in [0.25, 0.3) is 0 Å². The fourth-order valence-electron chi connectivity index (χ4n) is 0.781. The maximum atomic E-state index is 11.2. The highest BCUT2D eigenvalue weighted by Gasteiger charge is 2.07. The Morgan fingerprint density at radius 3 is 2.79 bits per heavy atom. The molecule has 5 nitrogen and oxygen atoms in total. The molecule has 14 heavy (non-hydrogen) atoms. The van der Waals surface area contributed by atoms with Gasteiger partial charge in [0.15, 0.2) is 0 Å². The summed E-state index contributed by atoms with van der Waals surface area (Å²) in [4.78, 5) is 25.3. The lowest BCUT2D eigenvalue weighted by atomic mass is 10.3. The van der Waals surface area contributed by atoms with Gasteiger partial charge in [-0.05, 0) is 28.1 Å². The lowest BCUT2D eigenvalue weighted by molar-refractivity contribution is -0.135. The predicted octanol–water partition coefficient (Wildman–Crippen LogP) is 0.658. The van der Waals surface area contributed by atoms with Crippen molar-refractivity contribution in [3.8, 4) is 0 Å². The molecule has 1 aromatic heterocycles. The molecule has 0 aliphatic carbocycles. The average Bonchev–Trinajstić information content (AvgIpc) is 2.14. The largest absolute Gasteiger partial charge is 0.480 e. The van der Waals surface area contributed by atoms with E-state index < -0.39 is 18.4 Å². The van der Waals surface area contributed by atoms with Gasteiger partial charge in [0.25, 0.3) is 5.91 Å². The first kappa shape index (κ1) is 10.6. The molecule has 0 fully saturated rings. The zero-order valence-corrected chi connectivity index (χ0v) is 8.61. The highest BCUT2D eigenvalue weighted by Crippen LogP contribution is 2.05. The van der Waals surface area contributed by atoms with Crippen molar-refractivity contribution in [3.05, 3.63) is 28.5 Å². The fourth-order valence-corrected chi connectivity index (χ4v) is 1.12. The number of nitrogens with zero attached hydrogens (tertiary/aromatic N) is 1. The van der Waals surface area contributed by atoms with Gasteiger partial charge in [-0.1, -0.05) is 6.07 Å². The standard InChI is InChI=1S/C8H7BrN2O3/c9-6-3-1-2-5(11-6)8(14)10-4-7(12)13/h1-3H,4H2,(H,10,14)(H,12,13). The number of halogens is 1. The van der Waals surface area contributed by atoms with Gasteiger partial charge in [-0.15, -0.1) is 0 Å². The number of pyridine rings is 1. The van der Waals surface area contributed by atoms with Crippen LogP contribution in [0.4, 0.5) is 0 Å². The highest BCUT2D eigenvalue weighted by molar-refractivity contribution is 9.10. The maximum absolute atomic E-state index is 11.2. The van der Waals surface area contributed by atoms with Crippen LogP contribution in [0.15, 0.2) is 22.8 Å². The number of aromatic nitrogens is 1. The minimum atomic E-state index is -1.09. The Balaban J connectivity index is 2.65. The van der Waals surface area contributed by atoms with Crippen LogP contribution >= 0.6 is 15.9 Å². The number of amides is 1. The summed E-state index contributed by atoms with van der Waals surface area (Å²) in [6.45, 7) is -0.410. The van der Waals surface area contributed by atoms with Gasteiger partial charge in [0.1, 0.15) is 16.8 Å². The van der Waals surface area contributed by atoms with Crippen LogP contribution in [0.2, 0.25) is 0 Å². The first-order valence-corrected chi connectivity index (χ1v) is 4.51. The molecule has 0 bridgehead atoms. The van der Waals surface area contributed by atoms with Crippen LogP contribution in [0.5, 0.6) is 0 Å². The summed E-state index contributed by atoms with van der Waals surface area (Å²) in [5.74, 6) is -1.60. The molecule has 0 aliphatic heterocycles. The summed E-state index contributed by atoms with van der Waals surface area (Å²) in [5.41, 5.74) is 0.181. The zero-order chi connectivity index (χ0) is 10.6.